The number of carbonyl (C=O) groups excluding carboxylic acids is 2. The number of nitrogens with one attached hydrogen (secondary N) is 1. The fourth-order valence-electron chi connectivity index (χ4n) is 2.72. The number of halogens is 1. The molecule has 0 fully saturated rings. The van der Waals surface area contributed by atoms with Crippen molar-refractivity contribution in [2.45, 2.75) is 26.3 Å². The highest BCUT2D eigenvalue weighted by Crippen LogP contribution is 2.21. The van der Waals surface area contributed by atoms with Gasteiger partial charge in [0, 0.05) is 22.2 Å². The van der Waals surface area contributed by atoms with Crippen molar-refractivity contribution in [3.05, 3.63) is 76.9 Å². The monoisotopic (exact) mass is 381 g/mol. The van der Waals surface area contributed by atoms with E-state index < -0.39 is 11.4 Å². The van der Waals surface area contributed by atoms with Crippen LogP contribution >= 0.6 is 11.6 Å². The number of hydrogen-bond donors (Lipinski definition) is 1. The van der Waals surface area contributed by atoms with E-state index in [-0.39, 0.29) is 5.91 Å². The van der Waals surface area contributed by atoms with Crippen molar-refractivity contribution in [2.75, 3.05) is 0 Å². The number of carbonyl (C=O) groups is 2. The topological polar surface area (TPSA) is 62.3 Å². The van der Waals surface area contributed by atoms with Crippen LogP contribution in [0.1, 0.15) is 41.5 Å². The van der Waals surface area contributed by atoms with Crippen LogP contribution in [0.3, 0.4) is 0 Å². The quantitative estimate of drug-likeness (QED) is 0.666. The number of rotatable bonds is 2. The second-order valence-corrected chi connectivity index (χ2v) is 7.58. The highest BCUT2D eigenvalue weighted by atomic mass is 35.5. The van der Waals surface area contributed by atoms with E-state index in [4.69, 9.17) is 11.6 Å². The van der Waals surface area contributed by atoms with Gasteiger partial charge in [0.1, 0.15) is 0 Å². The zero-order valence-corrected chi connectivity index (χ0v) is 16.1. The Balaban J connectivity index is 1.97. The molecule has 0 saturated heterocycles. The molecule has 2 aromatic carbocycles. The van der Waals surface area contributed by atoms with Crippen LogP contribution in [0.5, 0.6) is 0 Å². The molecular formula is C21H20ClN3O2. The van der Waals surface area contributed by atoms with Crippen molar-refractivity contribution in [2.24, 2.45) is 0 Å². The lowest BCUT2D eigenvalue weighted by atomic mass is 10.0. The fraction of sp³-hybridized carbons (Fsp3) is 0.190. The molecule has 1 heterocycles. The van der Waals surface area contributed by atoms with Crippen LogP contribution in [0.2, 0.25) is 5.02 Å². The first-order valence-electron chi connectivity index (χ1n) is 8.52. The zero-order chi connectivity index (χ0) is 19.6. The molecule has 1 aromatic heterocycles. The van der Waals surface area contributed by atoms with E-state index in [2.05, 4.69) is 10.4 Å². The summed E-state index contributed by atoms with van der Waals surface area (Å²) in [5.41, 5.74) is 3.47. The number of hydrazine groups is 1. The lowest BCUT2D eigenvalue weighted by molar-refractivity contribution is 0.0360. The summed E-state index contributed by atoms with van der Waals surface area (Å²) in [4.78, 5) is 30.3. The Bertz CT molecular complexity index is 1010. The van der Waals surface area contributed by atoms with Crippen LogP contribution in [-0.4, -0.2) is 27.3 Å². The van der Waals surface area contributed by atoms with Crippen LogP contribution in [0.15, 0.2) is 60.8 Å². The third kappa shape index (κ3) is 4.09. The van der Waals surface area contributed by atoms with Gasteiger partial charge in [-0.25, -0.2) is 5.01 Å². The molecule has 0 radical (unpaired) electrons. The molecule has 0 saturated carbocycles. The lowest BCUT2D eigenvalue weighted by Crippen LogP contribution is -2.55. The predicted octanol–water partition coefficient (Wildman–Crippen LogP) is 4.47. The number of fused-ring (bicyclic) bond motifs is 1. The third-order valence-corrected chi connectivity index (χ3v) is 4.27. The Morgan fingerprint density at radius 3 is 2.44 bits per heavy atom. The highest BCUT2D eigenvalue weighted by molar-refractivity contribution is 6.31. The van der Waals surface area contributed by atoms with E-state index in [1.807, 2.05) is 39.0 Å². The van der Waals surface area contributed by atoms with Crippen LogP contribution < -0.4 is 5.43 Å². The van der Waals surface area contributed by atoms with Crippen molar-refractivity contribution in [3.8, 4) is 0 Å². The average molecular weight is 382 g/mol. The number of pyridine rings is 1. The largest absolute Gasteiger partial charge is 0.274 e. The molecule has 3 aromatic rings. The number of para-hydroxylation sites is 1. The predicted molar refractivity (Wildman–Crippen MR) is 107 cm³/mol. The summed E-state index contributed by atoms with van der Waals surface area (Å²) >= 11 is 5.97. The van der Waals surface area contributed by atoms with Gasteiger partial charge in [-0.15, -0.1) is 0 Å². The molecule has 5 nitrogen and oxygen atoms in total. The molecule has 0 aliphatic carbocycles. The lowest BCUT2D eigenvalue weighted by Gasteiger charge is -2.35. The van der Waals surface area contributed by atoms with Crippen molar-refractivity contribution in [1.29, 1.82) is 0 Å². The van der Waals surface area contributed by atoms with Gasteiger partial charge in [-0.2, -0.15) is 0 Å². The Labute approximate surface area is 162 Å². The maximum atomic E-state index is 13.3. The van der Waals surface area contributed by atoms with Gasteiger partial charge >= 0.3 is 0 Å². The van der Waals surface area contributed by atoms with E-state index in [0.717, 1.165) is 5.39 Å². The van der Waals surface area contributed by atoms with Gasteiger partial charge in [0.25, 0.3) is 11.8 Å². The summed E-state index contributed by atoms with van der Waals surface area (Å²) in [5.74, 6) is -0.740. The molecular weight excluding hydrogens is 362 g/mol. The van der Waals surface area contributed by atoms with Gasteiger partial charge in [-0.3, -0.25) is 20.0 Å². The average Bonchev–Trinajstić information content (AvgIpc) is 2.64. The molecule has 0 spiro atoms. The SMILES string of the molecule is CC(C)(C)N(NC(=O)c1cccc(Cl)c1)C(=O)c1cccc2cccnc12. The zero-order valence-electron chi connectivity index (χ0n) is 15.4. The minimum absolute atomic E-state index is 0.331. The van der Waals surface area contributed by atoms with Crippen LogP contribution in [0.25, 0.3) is 10.9 Å². The van der Waals surface area contributed by atoms with Gasteiger partial charge in [0.05, 0.1) is 16.6 Å². The number of aromatic nitrogens is 1. The molecule has 0 aliphatic heterocycles. The minimum Gasteiger partial charge on any atom is -0.267 e. The van der Waals surface area contributed by atoms with Crippen molar-refractivity contribution in [3.63, 3.8) is 0 Å². The normalized spacial score (nSPS) is 11.3. The highest BCUT2D eigenvalue weighted by Gasteiger charge is 2.30. The molecule has 2 amide bonds. The summed E-state index contributed by atoms with van der Waals surface area (Å²) in [6.45, 7) is 5.55. The smallest absolute Gasteiger partial charge is 0.267 e. The second-order valence-electron chi connectivity index (χ2n) is 7.14. The number of hydrogen-bond acceptors (Lipinski definition) is 3. The Kier molecular flexibility index (Phi) is 5.15. The van der Waals surface area contributed by atoms with E-state index in [0.29, 0.717) is 21.7 Å². The van der Waals surface area contributed by atoms with E-state index in [1.54, 1.807) is 42.6 Å². The van der Waals surface area contributed by atoms with Crippen LogP contribution in [0.4, 0.5) is 0 Å². The molecule has 0 bridgehead atoms. The second kappa shape index (κ2) is 7.37. The molecule has 6 heteroatoms. The Hall–Kier alpha value is -2.92. The molecule has 138 valence electrons. The van der Waals surface area contributed by atoms with E-state index >= 15 is 0 Å². The van der Waals surface area contributed by atoms with Gasteiger partial charge in [-0.1, -0.05) is 35.9 Å². The molecule has 1 N–H and O–H groups in total. The molecule has 0 atom stereocenters. The standard InChI is InChI=1S/C21H20ClN3O2/c1-21(2,3)25(24-19(26)15-8-4-10-16(22)13-15)20(27)17-11-5-7-14-9-6-12-23-18(14)17/h4-13H,1-3H3,(H,24,26). The number of nitrogens with zero attached hydrogens (tertiary/aromatic N) is 2. The Morgan fingerprint density at radius 1 is 1.04 bits per heavy atom. The molecule has 0 aliphatic rings. The first kappa shape index (κ1) is 18.9. The number of amides is 2. The van der Waals surface area contributed by atoms with E-state index in [9.17, 15) is 9.59 Å². The maximum absolute atomic E-state index is 13.3. The first-order valence-corrected chi connectivity index (χ1v) is 8.90. The van der Waals surface area contributed by atoms with Gasteiger partial charge in [0.15, 0.2) is 0 Å². The van der Waals surface area contributed by atoms with Crippen LogP contribution in [0, 0.1) is 0 Å². The van der Waals surface area contributed by atoms with Crippen LogP contribution in [-0.2, 0) is 0 Å². The summed E-state index contributed by atoms with van der Waals surface area (Å²) in [7, 11) is 0. The van der Waals surface area contributed by atoms with E-state index in [1.165, 1.54) is 5.01 Å². The van der Waals surface area contributed by atoms with Gasteiger partial charge in [-0.05, 0) is 51.1 Å². The molecule has 27 heavy (non-hydrogen) atoms. The Morgan fingerprint density at radius 2 is 1.74 bits per heavy atom. The van der Waals surface area contributed by atoms with Crippen molar-refractivity contribution in [1.82, 2.24) is 15.4 Å². The van der Waals surface area contributed by atoms with Crippen molar-refractivity contribution < 1.29 is 9.59 Å². The summed E-state index contributed by atoms with van der Waals surface area (Å²) < 4.78 is 0. The summed E-state index contributed by atoms with van der Waals surface area (Å²) in [5, 5.41) is 2.65. The molecule has 3 rings (SSSR count). The summed E-state index contributed by atoms with van der Waals surface area (Å²) in [6, 6.07) is 15.7. The first-order chi connectivity index (χ1) is 12.8. The van der Waals surface area contributed by atoms with Gasteiger partial charge < -0.3 is 0 Å². The van der Waals surface area contributed by atoms with Gasteiger partial charge in [0.2, 0.25) is 0 Å². The summed E-state index contributed by atoms with van der Waals surface area (Å²) in [6.07, 6.45) is 1.64. The fourth-order valence-corrected chi connectivity index (χ4v) is 2.91. The maximum Gasteiger partial charge on any atom is 0.274 e. The third-order valence-electron chi connectivity index (χ3n) is 4.04. The minimum atomic E-state index is -0.651. The van der Waals surface area contributed by atoms with Crippen molar-refractivity contribution >= 4 is 34.3 Å². The number of benzene rings is 2. The molecule has 0 unspecified atom stereocenters.